The largest absolute Gasteiger partial charge is 0.319 e. The van der Waals surface area contributed by atoms with Crippen LogP contribution in [0.5, 0.6) is 0 Å². The predicted octanol–water partition coefficient (Wildman–Crippen LogP) is 2.74. The van der Waals surface area contributed by atoms with Crippen molar-refractivity contribution in [3.63, 3.8) is 0 Å². The third-order valence-electron chi connectivity index (χ3n) is 2.71. The van der Waals surface area contributed by atoms with E-state index in [-0.39, 0.29) is 0 Å². The molecule has 0 fully saturated rings. The van der Waals surface area contributed by atoms with Crippen molar-refractivity contribution in [1.82, 2.24) is 9.78 Å². The number of carbonyl (C=O) groups excluding carboxylic acids is 1. The number of rotatable bonds is 3. The Morgan fingerprint density at radius 2 is 2.00 bits per heavy atom. The first-order valence-corrected chi connectivity index (χ1v) is 5.82. The van der Waals surface area contributed by atoms with Crippen LogP contribution in [0.4, 0.5) is 14.5 Å². The summed E-state index contributed by atoms with van der Waals surface area (Å²) in [7, 11) is 0. The molecule has 6 heteroatoms. The lowest BCUT2D eigenvalue weighted by Gasteiger charge is -2.05. The van der Waals surface area contributed by atoms with Crippen molar-refractivity contribution in [2.75, 3.05) is 5.32 Å². The maximum absolute atomic E-state index is 13.5. The van der Waals surface area contributed by atoms with Gasteiger partial charge in [0.15, 0.2) is 0 Å². The van der Waals surface area contributed by atoms with Crippen molar-refractivity contribution in [3.05, 3.63) is 47.3 Å². The number of carbonyl (C=O) groups is 1. The fourth-order valence-electron chi connectivity index (χ4n) is 1.70. The molecule has 1 amide bonds. The standard InChI is InChI=1S/C13H13F2N3O/c1-3-18-7-11(8(2)17-18)16-13(19)12-9(14)5-4-6-10(12)15/h4-7H,3H2,1-2H3,(H,16,19). The van der Waals surface area contributed by atoms with Gasteiger partial charge >= 0.3 is 0 Å². The predicted molar refractivity (Wildman–Crippen MR) is 66.9 cm³/mol. The molecule has 0 bridgehead atoms. The first kappa shape index (κ1) is 13.2. The van der Waals surface area contributed by atoms with Crippen molar-refractivity contribution >= 4 is 11.6 Å². The first-order chi connectivity index (χ1) is 9.02. The van der Waals surface area contributed by atoms with Crippen LogP contribution in [-0.4, -0.2) is 15.7 Å². The molecule has 2 aromatic rings. The molecule has 0 radical (unpaired) electrons. The summed E-state index contributed by atoms with van der Waals surface area (Å²) < 4.78 is 28.5. The maximum atomic E-state index is 13.5. The van der Waals surface area contributed by atoms with E-state index in [4.69, 9.17) is 0 Å². The Kier molecular flexibility index (Phi) is 3.59. The summed E-state index contributed by atoms with van der Waals surface area (Å²) in [6, 6.07) is 3.29. The Bertz CT molecular complexity index is 602. The molecular formula is C13H13F2N3O. The molecule has 0 aliphatic rings. The Balaban J connectivity index is 2.28. The molecule has 1 aromatic carbocycles. The van der Waals surface area contributed by atoms with Crippen molar-refractivity contribution in [1.29, 1.82) is 0 Å². The number of anilines is 1. The van der Waals surface area contributed by atoms with E-state index in [1.807, 2.05) is 6.92 Å². The van der Waals surface area contributed by atoms with Crippen molar-refractivity contribution in [2.45, 2.75) is 20.4 Å². The third-order valence-corrected chi connectivity index (χ3v) is 2.71. The Morgan fingerprint density at radius 1 is 1.37 bits per heavy atom. The highest BCUT2D eigenvalue weighted by Crippen LogP contribution is 2.17. The van der Waals surface area contributed by atoms with E-state index in [1.165, 1.54) is 6.07 Å². The van der Waals surface area contributed by atoms with Gasteiger partial charge in [-0.1, -0.05) is 6.07 Å². The molecule has 0 unspecified atom stereocenters. The Morgan fingerprint density at radius 3 is 2.53 bits per heavy atom. The number of hydrogen-bond donors (Lipinski definition) is 1. The molecule has 2 rings (SSSR count). The van der Waals surface area contributed by atoms with Gasteiger partial charge in [0.1, 0.15) is 17.2 Å². The molecule has 0 aliphatic carbocycles. The smallest absolute Gasteiger partial charge is 0.261 e. The van der Waals surface area contributed by atoms with E-state index in [1.54, 1.807) is 17.8 Å². The van der Waals surface area contributed by atoms with Crippen LogP contribution in [0.15, 0.2) is 24.4 Å². The second-order valence-electron chi connectivity index (χ2n) is 4.03. The van der Waals surface area contributed by atoms with Gasteiger partial charge in [-0.25, -0.2) is 8.78 Å². The molecule has 0 spiro atoms. The molecule has 0 saturated heterocycles. The van der Waals surface area contributed by atoms with Gasteiger partial charge in [0, 0.05) is 12.7 Å². The van der Waals surface area contributed by atoms with Gasteiger partial charge in [-0.15, -0.1) is 0 Å². The van der Waals surface area contributed by atoms with Crippen molar-refractivity contribution in [2.24, 2.45) is 0 Å². The number of amides is 1. The Hall–Kier alpha value is -2.24. The number of hydrogen-bond acceptors (Lipinski definition) is 2. The summed E-state index contributed by atoms with van der Waals surface area (Å²) >= 11 is 0. The zero-order valence-corrected chi connectivity index (χ0v) is 10.6. The van der Waals surface area contributed by atoms with Crippen LogP contribution in [0.1, 0.15) is 23.0 Å². The van der Waals surface area contributed by atoms with E-state index in [0.29, 0.717) is 17.9 Å². The van der Waals surface area contributed by atoms with Crippen molar-refractivity contribution < 1.29 is 13.6 Å². The van der Waals surface area contributed by atoms with Crippen LogP contribution in [0.3, 0.4) is 0 Å². The zero-order chi connectivity index (χ0) is 14.0. The maximum Gasteiger partial charge on any atom is 0.261 e. The lowest BCUT2D eigenvalue weighted by Crippen LogP contribution is -2.16. The van der Waals surface area contributed by atoms with E-state index >= 15 is 0 Å². The van der Waals surface area contributed by atoms with Crippen molar-refractivity contribution in [3.8, 4) is 0 Å². The zero-order valence-electron chi connectivity index (χ0n) is 10.6. The molecule has 0 saturated carbocycles. The van der Waals surface area contributed by atoms with Gasteiger partial charge in [0.2, 0.25) is 0 Å². The average molecular weight is 265 g/mol. The van der Waals surface area contributed by atoms with Gasteiger partial charge < -0.3 is 5.32 Å². The lowest BCUT2D eigenvalue weighted by atomic mass is 10.2. The lowest BCUT2D eigenvalue weighted by molar-refractivity contribution is 0.101. The SMILES string of the molecule is CCn1cc(NC(=O)c2c(F)cccc2F)c(C)n1. The molecule has 0 atom stereocenters. The van der Waals surface area contributed by atoms with Crippen LogP contribution < -0.4 is 5.32 Å². The molecule has 100 valence electrons. The second kappa shape index (κ2) is 5.17. The first-order valence-electron chi connectivity index (χ1n) is 5.82. The second-order valence-corrected chi connectivity index (χ2v) is 4.03. The van der Waals surface area contributed by atoms with Gasteiger partial charge in [0.05, 0.1) is 11.4 Å². The fraction of sp³-hybridized carbons (Fsp3) is 0.231. The van der Waals surface area contributed by atoms with Crippen LogP contribution >= 0.6 is 0 Å². The van der Waals surface area contributed by atoms with E-state index in [0.717, 1.165) is 12.1 Å². The molecule has 0 aliphatic heterocycles. The summed E-state index contributed by atoms with van der Waals surface area (Å²) in [6.07, 6.45) is 1.62. The molecule has 1 N–H and O–H groups in total. The minimum atomic E-state index is -0.891. The highest BCUT2D eigenvalue weighted by atomic mass is 19.1. The summed E-state index contributed by atoms with van der Waals surface area (Å²) in [5.74, 6) is -2.61. The molecule has 4 nitrogen and oxygen atoms in total. The average Bonchev–Trinajstić information content (AvgIpc) is 2.70. The van der Waals surface area contributed by atoms with Crippen LogP contribution in [-0.2, 0) is 6.54 Å². The van der Waals surface area contributed by atoms with Gasteiger partial charge in [0.25, 0.3) is 5.91 Å². The normalized spacial score (nSPS) is 10.5. The van der Waals surface area contributed by atoms with E-state index in [2.05, 4.69) is 10.4 Å². The number of aromatic nitrogens is 2. The molecule has 1 heterocycles. The number of benzene rings is 1. The molecular weight excluding hydrogens is 252 g/mol. The Labute approximate surface area is 109 Å². The van der Waals surface area contributed by atoms with Crippen LogP contribution in [0.25, 0.3) is 0 Å². The highest BCUT2D eigenvalue weighted by molar-refractivity contribution is 6.04. The number of aryl methyl sites for hydroxylation is 2. The van der Waals surface area contributed by atoms with Crippen LogP contribution in [0, 0.1) is 18.6 Å². The summed E-state index contributed by atoms with van der Waals surface area (Å²) in [6.45, 7) is 4.25. The minimum absolute atomic E-state index is 0.439. The van der Waals surface area contributed by atoms with Gasteiger partial charge in [-0.05, 0) is 26.0 Å². The number of nitrogens with zero attached hydrogens (tertiary/aromatic N) is 2. The summed E-state index contributed by atoms with van der Waals surface area (Å²) in [5.41, 5.74) is 0.438. The van der Waals surface area contributed by atoms with Crippen LogP contribution in [0.2, 0.25) is 0 Å². The molecule has 19 heavy (non-hydrogen) atoms. The minimum Gasteiger partial charge on any atom is -0.319 e. The number of nitrogens with one attached hydrogen (secondary N) is 1. The van der Waals surface area contributed by atoms with E-state index in [9.17, 15) is 13.6 Å². The quantitative estimate of drug-likeness (QED) is 0.927. The van der Waals surface area contributed by atoms with Gasteiger partial charge in [-0.3, -0.25) is 9.48 Å². The monoisotopic (exact) mass is 265 g/mol. The fourth-order valence-corrected chi connectivity index (χ4v) is 1.70. The molecule has 1 aromatic heterocycles. The topological polar surface area (TPSA) is 46.9 Å². The third kappa shape index (κ3) is 2.62. The summed E-state index contributed by atoms with van der Waals surface area (Å²) in [4.78, 5) is 11.9. The summed E-state index contributed by atoms with van der Waals surface area (Å²) in [5, 5.41) is 6.60. The van der Waals surface area contributed by atoms with Gasteiger partial charge in [-0.2, -0.15) is 5.10 Å². The van der Waals surface area contributed by atoms with E-state index < -0.39 is 23.1 Å². The highest BCUT2D eigenvalue weighted by Gasteiger charge is 2.18. The number of halogens is 2.